The summed E-state index contributed by atoms with van der Waals surface area (Å²) in [6.07, 6.45) is 0. The van der Waals surface area contributed by atoms with Crippen molar-refractivity contribution in [3.63, 3.8) is 0 Å². The van der Waals surface area contributed by atoms with E-state index in [1.54, 1.807) is 18.2 Å². The lowest BCUT2D eigenvalue weighted by Gasteiger charge is -2.35. The van der Waals surface area contributed by atoms with Crippen LogP contribution in [0.5, 0.6) is 0 Å². The number of piperazine rings is 1. The molecule has 1 aromatic heterocycles. The maximum Gasteiger partial charge on any atom is 0.246 e. The molecule has 3 rings (SSSR count). The number of rotatable bonds is 3. The molecular weight excluding hydrogens is 312 g/mol. The molecule has 0 saturated carbocycles. The number of aryl methyl sites for hydroxylation is 3. The first-order valence-electron chi connectivity index (χ1n) is 7.73. The Balaban J connectivity index is 1.76. The Morgan fingerprint density at radius 3 is 2.35 bits per heavy atom. The Kier molecular flexibility index (Phi) is 4.16. The van der Waals surface area contributed by atoms with Gasteiger partial charge in [0.05, 0.1) is 11.4 Å². The lowest BCUT2D eigenvalue weighted by Crippen LogP contribution is -2.48. The third-order valence-corrected chi connectivity index (χ3v) is 6.43. The van der Waals surface area contributed by atoms with Gasteiger partial charge < -0.3 is 4.90 Å². The molecule has 7 heteroatoms. The fourth-order valence-electron chi connectivity index (χ4n) is 3.06. The van der Waals surface area contributed by atoms with Gasteiger partial charge in [-0.05, 0) is 38.5 Å². The Hall–Kier alpha value is -1.86. The normalized spacial score (nSPS) is 16.7. The summed E-state index contributed by atoms with van der Waals surface area (Å²) in [5, 5.41) is 6.76. The number of hydrogen-bond donors (Lipinski definition) is 1. The van der Waals surface area contributed by atoms with E-state index in [-0.39, 0.29) is 0 Å². The van der Waals surface area contributed by atoms with Gasteiger partial charge in [-0.2, -0.15) is 9.40 Å². The highest BCUT2D eigenvalue weighted by Gasteiger charge is 2.32. The lowest BCUT2D eigenvalue weighted by atomic mass is 10.2. The number of benzene rings is 1. The van der Waals surface area contributed by atoms with Gasteiger partial charge in [-0.1, -0.05) is 12.1 Å². The third kappa shape index (κ3) is 2.98. The number of aromatic nitrogens is 2. The Morgan fingerprint density at radius 1 is 1.09 bits per heavy atom. The largest absolute Gasteiger partial charge is 0.369 e. The van der Waals surface area contributed by atoms with Crippen molar-refractivity contribution in [1.82, 2.24) is 14.5 Å². The maximum absolute atomic E-state index is 12.8. The van der Waals surface area contributed by atoms with Crippen molar-refractivity contribution < 1.29 is 8.42 Å². The highest BCUT2D eigenvalue weighted by atomic mass is 32.2. The van der Waals surface area contributed by atoms with Gasteiger partial charge in [0.25, 0.3) is 0 Å². The van der Waals surface area contributed by atoms with Gasteiger partial charge in [0, 0.05) is 31.9 Å². The predicted molar refractivity (Wildman–Crippen MR) is 90.2 cm³/mol. The molecule has 2 heterocycles. The molecule has 0 bridgehead atoms. The van der Waals surface area contributed by atoms with E-state index in [4.69, 9.17) is 0 Å². The molecule has 2 aromatic rings. The minimum absolute atomic E-state index is 0.321. The molecule has 0 aliphatic carbocycles. The van der Waals surface area contributed by atoms with Crippen LogP contribution >= 0.6 is 0 Å². The second-order valence-electron chi connectivity index (χ2n) is 5.99. The van der Waals surface area contributed by atoms with Crippen LogP contribution in [0.1, 0.15) is 17.0 Å². The van der Waals surface area contributed by atoms with Gasteiger partial charge >= 0.3 is 0 Å². The lowest BCUT2D eigenvalue weighted by molar-refractivity contribution is 0.384. The first-order chi connectivity index (χ1) is 10.9. The highest BCUT2D eigenvalue weighted by molar-refractivity contribution is 7.89. The summed E-state index contributed by atoms with van der Waals surface area (Å²) in [6, 6.07) is 8.30. The van der Waals surface area contributed by atoms with E-state index in [0.717, 1.165) is 5.69 Å². The number of nitrogens with zero attached hydrogens (tertiary/aromatic N) is 3. The fraction of sp³-hybridized carbons (Fsp3) is 0.438. The average Bonchev–Trinajstić information content (AvgIpc) is 2.87. The molecule has 1 aliphatic rings. The second-order valence-corrected chi connectivity index (χ2v) is 7.87. The van der Waals surface area contributed by atoms with Crippen LogP contribution in [0, 0.1) is 20.8 Å². The summed E-state index contributed by atoms with van der Waals surface area (Å²) in [6.45, 7) is 7.89. The zero-order valence-corrected chi connectivity index (χ0v) is 14.5. The fourth-order valence-corrected chi connectivity index (χ4v) is 4.81. The van der Waals surface area contributed by atoms with Crippen LogP contribution in [-0.4, -0.2) is 49.1 Å². The topological polar surface area (TPSA) is 69.3 Å². The summed E-state index contributed by atoms with van der Waals surface area (Å²) < 4.78 is 27.2. The first-order valence-corrected chi connectivity index (χ1v) is 9.17. The minimum Gasteiger partial charge on any atom is -0.369 e. The zero-order valence-electron chi connectivity index (χ0n) is 13.7. The van der Waals surface area contributed by atoms with Crippen LogP contribution in [0.25, 0.3) is 0 Å². The number of H-pyrrole nitrogens is 1. The van der Waals surface area contributed by atoms with Crippen LogP contribution in [-0.2, 0) is 10.0 Å². The zero-order chi connectivity index (χ0) is 16.6. The smallest absolute Gasteiger partial charge is 0.246 e. The Bertz CT molecular complexity index is 786. The average molecular weight is 334 g/mol. The molecule has 6 nitrogen and oxygen atoms in total. The summed E-state index contributed by atoms with van der Waals surface area (Å²) >= 11 is 0. The molecule has 0 atom stereocenters. The second kappa shape index (κ2) is 5.98. The number of sulfonamides is 1. The first kappa shape index (κ1) is 16.0. The van der Waals surface area contributed by atoms with Gasteiger partial charge in [0.1, 0.15) is 4.90 Å². The van der Waals surface area contributed by atoms with E-state index in [2.05, 4.69) is 40.2 Å². The third-order valence-electron chi connectivity index (χ3n) is 4.26. The van der Waals surface area contributed by atoms with E-state index in [9.17, 15) is 8.42 Å². The number of nitrogens with one attached hydrogen (secondary N) is 1. The molecular formula is C16H22N4O2S. The summed E-state index contributed by atoms with van der Waals surface area (Å²) in [4.78, 5) is 2.55. The van der Waals surface area contributed by atoms with Crippen molar-refractivity contribution in [2.75, 3.05) is 31.1 Å². The number of hydrogen-bond acceptors (Lipinski definition) is 4. The van der Waals surface area contributed by atoms with Crippen LogP contribution < -0.4 is 4.90 Å². The Morgan fingerprint density at radius 2 is 1.78 bits per heavy atom. The summed E-state index contributed by atoms with van der Waals surface area (Å²) in [7, 11) is -3.48. The predicted octanol–water partition coefficient (Wildman–Crippen LogP) is 1.85. The standard InChI is InChI=1S/C16H22N4O2S/c1-12-5-4-6-15(11-12)19-7-9-20(10-8-19)23(21,22)16-13(2)17-18-14(16)3/h4-6,11H,7-10H2,1-3H3,(H,17,18). The molecule has 23 heavy (non-hydrogen) atoms. The Labute approximate surface area is 137 Å². The van der Waals surface area contributed by atoms with E-state index in [0.29, 0.717) is 42.5 Å². The van der Waals surface area contributed by atoms with Crippen LogP contribution in [0.15, 0.2) is 29.2 Å². The van der Waals surface area contributed by atoms with Gasteiger partial charge in [-0.3, -0.25) is 5.10 Å². The summed E-state index contributed by atoms with van der Waals surface area (Å²) in [5.74, 6) is 0. The van der Waals surface area contributed by atoms with Crippen molar-refractivity contribution in [1.29, 1.82) is 0 Å². The molecule has 1 N–H and O–H groups in total. The van der Waals surface area contributed by atoms with Gasteiger partial charge in [-0.15, -0.1) is 0 Å². The molecule has 1 aliphatic heterocycles. The molecule has 1 saturated heterocycles. The number of aromatic amines is 1. The van der Waals surface area contributed by atoms with E-state index in [1.165, 1.54) is 5.56 Å². The van der Waals surface area contributed by atoms with Crippen molar-refractivity contribution >= 4 is 15.7 Å². The SMILES string of the molecule is Cc1cccc(N2CCN(S(=O)(=O)c3c(C)n[nH]c3C)CC2)c1. The quantitative estimate of drug-likeness (QED) is 0.930. The van der Waals surface area contributed by atoms with Crippen LogP contribution in [0.2, 0.25) is 0 Å². The molecule has 1 aromatic carbocycles. The van der Waals surface area contributed by atoms with Crippen LogP contribution in [0.3, 0.4) is 0 Å². The minimum atomic E-state index is -3.48. The highest BCUT2D eigenvalue weighted by Crippen LogP contribution is 2.24. The van der Waals surface area contributed by atoms with Crippen molar-refractivity contribution in [3.05, 3.63) is 41.2 Å². The van der Waals surface area contributed by atoms with Crippen LogP contribution in [0.4, 0.5) is 5.69 Å². The maximum atomic E-state index is 12.8. The van der Waals surface area contributed by atoms with Gasteiger partial charge in [0.2, 0.25) is 10.0 Å². The number of anilines is 1. The van der Waals surface area contributed by atoms with Crippen molar-refractivity contribution in [2.45, 2.75) is 25.7 Å². The monoisotopic (exact) mass is 334 g/mol. The van der Waals surface area contributed by atoms with Crippen molar-refractivity contribution in [2.24, 2.45) is 0 Å². The molecule has 124 valence electrons. The van der Waals surface area contributed by atoms with Gasteiger partial charge in [0.15, 0.2) is 0 Å². The molecule has 0 spiro atoms. The molecule has 1 fully saturated rings. The van der Waals surface area contributed by atoms with Crippen molar-refractivity contribution in [3.8, 4) is 0 Å². The van der Waals surface area contributed by atoms with E-state index in [1.807, 2.05) is 6.07 Å². The van der Waals surface area contributed by atoms with E-state index >= 15 is 0 Å². The summed E-state index contributed by atoms with van der Waals surface area (Å²) in [5.41, 5.74) is 3.49. The van der Waals surface area contributed by atoms with E-state index < -0.39 is 10.0 Å². The molecule has 0 unspecified atom stereocenters. The molecule has 0 radical (unpaired) electrons. The molecule has 0 amide bonds. The van der Waals surface area contributed by atoms with Gasteiger partial charge in [-0.25, -0.2) is 8.42 Å².